The number of rotatable bonds is 6. The van der Waals surface area contributed by atoms with E-state index in [1.807, 2.05) is 30.3 Å². The Balaban J connectivity index is 1.83. The van der Waals surface area contributed by atoms with Gasteiger partial charge in [0.2, 0.25) is 0 Å². The van der Waals surface area contributed by atoms with Crippen molar-refractivity contribution in [1.82, 2.24) is 9.88 Å². The summed E-state index contributed by atoms with van der Waals surface area (Å²) in [6.07, 6.45) is 1.82. The van der Waals surface area contributed by atoms with E-state index in [0.29, 0.717) is 18.1 Å². The number of aliphatic hydroxyl groups excluding tert-OH is 1. The van der Waals surface area contributed by atoms with E-state index < -0.39 is 6.10 Å². The van der Waals surface area contributed by atoms with Gasteiger partial charge in [-0.05, 0) is 24.6 Å². The molecule has 0 fully saturated rings. The van der Waals surface area contributed by atoms with Gasteiger partial charge < -0.3 is 18.8 Å². The van der Waals surface area contributed by atoms with E-state index in [1.165, 1.54) is 17.6 Å². The molecule has 1 atom stereocenters. The topological polar surface area (TPSA) is 79.7 Å². The number of aryl methyl sites for hydroxylation is 1. The van der Waals surface area contributed by atoms with Crippen molar-refractivity contribution in [2.75, 3.05) is 6.54 Å². The molecule has 3 aromatic rings. The minimum atomic E-state index is -0.917. The van der Waals surface area contributed by atoms with Gasteiger partial charge in [0, 0.05) is 6.54 Å². The molecule has 1 aromatic carbocycles. The fraction of sp³-hybridized carbons (Fsp3) is 0.222. The van der Waals surface area contributed by atoms with Crippen molar-refractivity contribution in [3.05, 3.63) is 77.9 Å². The first-order chi connectivity index (χ1) is 11.6. The Morgan fingerprint density at radius 2 is 2.00 bits per heavy atom. The summed E-state index contributed by atoms with van der Waals surface area (Å²) in [7, 11) is 0. The number of carbonyl (C=O) groups excluding carboxylic acids is 1. The normalized spacial score (nSPS) is 12.1. The van der Waals surface area contributed by atoms with Crippen LogP contribution in [0.15, 0.2) is 64.0 Å². The molecule has 124 valence electrons. The predicted molar refractivity (Wildman–Crippen MR) is 86.1 cm³/mol. The average molecular weight is 326 g/mol. The molecular weight excluding hydrogens is 308 g/mol. The lowest BCUT2D eigenvalue weighted by molar-refractivity contribution is 0.0557. The van der Waals surface area contributed by atoms with Crippen molar-refractivity contribution in [2.45, 2.75) is 19.6 Å². The molecule has 1 unspecified atom stereocenters. The van der Waals surface area contributed by atoms with E-state index >= 15 is 0 Å². The molecule has 6 heteroatoms. The molecule has 0 bridgehead atoms. The van der Waals surface area contributed by atoms with Crippen molar-refractivity contribution in [3.63, 3.8) is 0 Å². The second-order valence-corrected chi connectivity index (χ2v) is 5.46. The Hall–Kier alpha value is -2.86. The van der Waals surface area contributed by atoms with Gasteiger partial charge >= 0.3 is 0 Å². The highest BCUT2D eigenvalue weighted by molar-refractivity contribution is 5.93. The van der Waals surface area contributed by atoms with Crippen LogP contribution < -0.4 is 0 Å². The molecule has 0 spiro atoms. The summed E-state index contributed by atoms with van der Waals surface area (Å²) in [5, 5.41) is 10.3. The van der Waals surface area contributed by atoms with Gasteiger partial charge in [0.1, 0.15) is 17.6 Å². The fourth-order valence-corrected chi connectivity index (χ4v) is 2.46. The van der Waals surface area contributed by atoms with Gasteiger partial charge in [-0.25, -0.2) is 4.98 Å². The van der Waals surface area contributed by atoms with E-state index in [4.69, 9.17) is 8.83 Å². The maximum absolute atomic E-state index is 12.8. The van der Waals surface area contributed by atoms with Gasteiger partial charge in [0.15, 0.2) is 12.1 Å². The summed E-state index contributed by atoms with van der Waals surface area (Å²) in [5.41, 5.74) is 1.20. The number of aromatic nitrogens is 1. The molecule has 2 aromatic heterocycles. The van der Waals surface area contributed by atoms with E-state index in [2.05, 4.69) is 4.98 Å². The van der Waals surface area contributed by atoms with Crippen LogP contribution in [0.5, 0.6) is 0 Å². The fourth-order valence-electron chi connectivity index (χ4n) is 2.46. The van der Waals surface area contributed by atoms with Gasteiger partial charge in [-0.15, -0.1) is 0 Å². The number of hydrogen-bond donors (Lipinski definition) is 1. The molecule has 3 rings (SSSR count). The molecule has 0 radical (unpaired) electrons. The van der Waals surface area contributed by atoms with E-state index in [9.17, 15) is 9.90 Å². The highest BCUT2D eigenvalue weighted by Gasteiger charge is 2.25. The van der Waals surface area contributed by atoms with Crippen LogP contribution in [0.3, 0.4) is 0 Å². The molecule has 1 amide bonds. The van der Waals surface area contributed by atoms with Crippen molar-refractivity contribution in [3.8, 4) is 0 Å². The highest BCUT2D eigenvalue weighted by Crippen LogP contribution is 2.19. The first-order valence-corrected chi connectivity index (χ1v) is 7.60. The van der Waals surface area contributed by atoms with Crippen molar-refractivity contribution < 1.29 is 18.7 Å². The summed E-state index contributed by atoms with van der Waals surface area (Å²) < 4.78 is 10.3. The van der Waals surface area contributed by atoms with Crippen LogP contribution in [0, 0.1) is 6.92 Å². The van der Waals surface area contributed by atoms with Crippen LogP contribution >= 0.6 is 0 Å². The minimum Gasteiger partial charge on any atom is -0.467 e. The maximum atomic E-state index is 12.8. The minimum absolute atomic E-state index is 0.0908. The molecule has 2 heterocycles. The number of carbonyl (C=O) groups is 1. The van der Waals surface area contributed by atoms with E-state index in [0.717, 1.165) is 5.56 Å². The Bertz CT molecular complexity index is 780. The van der Waals surface area contributed by atoms with E-state index in [1.54, 1.807) is 19.1 Å². The number of hydrogen-bond acceptors (Lipinski definition) is 5. The van der Waals surface area contributed by atoms with E-state index in [-0.39, 0.29) is 18.1 Å². The zero-order chi connectivity index (χ0) is 16.9. The zero-order valence-corrected chi connectivity index (χ0v) is 13.3. The maximum Gasteiger partial charge on any atom is 0.276 e. The molecule has 24 heavy (non-hydrogen) atoms. The third-order valence-electron chi connectivity index (χ3n) is 3.72. The SMILES string of the molecule is Cc1ocnc1C(=O)N(Cc1ccccc1)CC(O)c1ccco1. The standard InChI is InChI=1S/C18H18N2O4/c1-13-17(19-12-24-13)18(22)20(10-14-6-3-2-4-7-14)11-15(21)16-8-5-9-23-16/h2-9,12,15,21H,10-11H2,1H3. The first kappa shape index (κ1) is 16.0. The summed E-state index contributed by atoms with van der Waals surface area (Å²) >= 11 is 0. The quantitative estimate of drug-likeness (QED) is 0.753. The Morgan fingerprint density at radius 1 is 1.21 bits per heavy atom. The smallest absolute Gasteiger partial charge is 0.276 e. The van der Waals surface area contributed by atoms with Crippen LogP contribution in [0.1, 0.15) is 33.7 Å². The monoisotopic (exact) mass is 326 g/mol. The van der Waals surface area contributed by atoms with Gasteiger partial charge in [-0.1, -0.05) is 30.3 Å². The van der Waals surface area contributed by atoms with Gasteiger partial charge in [0.05, 0.1) is 12.8 Å². The molecule has 1 N–H and O–H groups in total. The Kier molecular flexibility index (Phi) is 4.77. The third kappa shape index (κ3) is 3.55. The molecule has 0 saturated heterocycles. The van der Waals surface area contributed by atoms with Crippen LogP contribution in [-0.4, -0.2) is 27.4 Å². The number of aliphatic hydroxyl groups is 1. The Labute approximate surface area is 139 Å². The second-order valence-electron chi connectivity index (χ2n) is 5.46. The number of furan rings is 1. The first-order valence-electron chi connectivity index (χ1n) is 7.60. The van der Waals surface area contributed by atoms with Crippen LogP contribution in [-0.2, 0) is 6.54 Å². The molecule has 0 aliphatic carbocycles. The van der Waals surface area contributed by atoms with Crippen molar-refractivity contribution in [1.29, 1.82) is 0 Å². The average Bonchev–Trinajstić information content (AvgIpc) is 3.26. The number of amides is 1. The summed E-state index contributed by atoms with van der Waals surface area (Å²) in [5.74, 6) is 0.569. The van der Waals surface area contributed by atoms with Gasteiger partial charge in [-0.3, -0.25) is 4.79 Å². The number of nitrogens with zero attached hydrogens (tertiary/aromatic N) is 2. The van der Waals surface area contributed by atoms with Crippen LogP contribution in [0.4, 0.5) is 0 Å². The molecular formula is C18H18N2O4. The third-order valence-corrected chi connectivity index (χ3v) is 3.72. The van der Waals surface area contributed by atoms with Crippen LogP contribution in [0.2, 0.25) is 0 Å². The van der Waals surface area contributed by atoms with Gasteiger partial charge in [0.25, 0.3) is 5.91 Å². The predicted octanol–water partition coefficient (Wildman–Crippen LogP) is 2.95. The molecule has 0 aliphatic rings. The molecule has 0 aliphatic heterocycles. The summed E-state index contributed by atoms with van der Waals surface area (Å²) in [4.78, 5) is 18.3. The lowest BCUT2D eigenvalue weighted by Crippen LogP contribution is -2.34. The van der Waals surface area contributed by atoms with Crippen LogP contribution in [0.25, 0.3) is 0 Å². The molecule has 6 nitrogen and oxygen atoms in total. The summed E-state index contributed by atoms with van der Waals surface area (Å²) in [6.45, 7) is 2.13. The largest absolute Gasteiger partial charge is 0.467 e. The zero-order valence-electron chi connectivity index (χ0n) is 13.3. The lowest BCUT2D eigenvalue weighted by atomic mass is 10.1. The van der Waals surface area contributed by atoms with Gasteiger partial charge in [-0.2, -0.15) is 0 Å². The van der Waals surface area contributed by atoms with Crippen molar-refractivity contribution in [2.24, 2.45) is 0 Å². The second kappa shape index (κ2) is 7.14. The number of oxazole rings is 1. The van der Waals surface area contributed by atoms with Crippen molar-refractivity contribution >= 4 is 5.91 Å². The highest BCUT2D eigenvalue weighted by atomic mass is 16.4. The molecule has 0 saturated carbocycles. The summed E-state index contributed by atoms with van der Waals surface area (Å²) in [6, 6.07) is 12.9. The number of benzene rings is 1. The Morgan fingerprint density at radius 3 is 2.62 bits per heavy atom. The lowest BCUT2D eigenvalue weighted by Gasteiger charge is -2.24.